The van der Waals surface area contributed by atoms with E-state index in [0.29, 0.717) is 0 Å². The van der Waals surface area contributed by atoms with Crippen molar-refractivity contribution in [3.05, 3.63) is 95.3 Å². The first-order chi connectivity index (χ1) is 13.7. The van der Waals surface area contributed by atoms with E-state index in [0.717, 1.165) is 42.6 Å². The molecule has 0 aliphatic carbocycles. The standard InChI is InChI=1S/C25H28N2O/c1-3-24(19-8-5-4-6-9-19)25(20-12-15-23(28)16-13-20)21-11-14-22(27-18-21)10-7-17-26-2/h4-6,8-9,11-16,18,26,28H,3,7,10,17H2,1-2H3. The van der Waals surface area contributed by atoms with Crippen LogP contribution in [0.4, 0.5) is 0 Å². The molecule has 3 nitrogen and oxygen atoms in total. The van der Waals surface area contributed by atoms with Crippen LogP contribution in [0.15, 0.2) is 72.9 Å². The maximum atomic E-state index is 9.73. The number of nitrogens with zero attached hydrogens (tertiary/aromatic N) is 1. The number of aromatic hydroxyl groups is 1. The Morgan fingerprint density at radius 1 is 0.893 bits per heavy atom. The van der Waals surface area contributed by atoms with Gasteiger partial charge in [-0.1, -0.05) is 55.5 Å². The summed E-state index contributed by atoms with van der Waals surface area (Å²) >= 11 is 0. The van der Waals surface area contributed by atoms with Crippen LogP contribution >= 0.6 is 0 Å². The van der Waals surface area contributed by atoms with Gasteiger partial charge in [-0.25, -0.2) is 0 Å². The smallest absolute Gasteiger partial charge is 0.115 e. The number of nitrogens with one attached hydrogen (secondary N) is 1. The van der Waals surface area contributed by atoms with E-state index in [2.05, 4.69) is 48.6 Å². The first kappa shape index (κ1) is 19.8. The Morgan fingerprint density at radius 3 is 2.21 bits per heavy atom. The molecule has 0 bridgehead atoms. The number of aromatic nitrogens is 1. The number of aryl methyl sites for hydroxylation is 1. The van der Waals surface area contributed by atoms with Gasteiger partial charge in [-0.15, -0.1) is 0 Å². The first-order valence-electron chi connectivity index (χ1n) is 9.90. The summed E-state index contributed by atoms with van der Waals surface area (Å²) in [7, 11) is 1.97. The average Bonchev–Trinajstić information content (AvgIpc) is 2.74. The lowest BCUT2D eigenvalue weighted by molar-refractivity contribution is 0.475. The summed E-state index contributed by atoms with van der Waals surface area (Å²) in [6.45, 7) is 3.18. The molecular formula is C25H28N2O. The minimum atomic E-state index is 0.277. The monoisotopic (exact) mass is 372 g/mol. The van der Waals surface area contributed by atoms with Crippen LogP contribution in [-0.2, 0) is 6.42 Å². The first-order valence-corrected chi connectivity index (χ1v) is 9.90. The Labute approximate surface area is 167 Å². The highest BCUT2D eigenvalue weighted by molar-refractivity contribution is 5.98. The predicted octanol–water partition coefficient (Wildman–Crippen LogP) is 5.31. The van der Waals surface area contributed by atoms with Crippen LogP contribution in [0.25, 0.3) is 11.1 Å². The van der Waals surface area contributed by atoms with Crippen LogP contribution in [0.1, 0.15) is 42.1 Å². The average molecular weight is 373 g/mol. The molecule has 0 aliphatic rings. The van der Waals surface area contributed by atoms with Gasteiger partial charge < -0.3 is 10.4 Å². The predicted molar refractivity (Wildman–Crippen MR) is 117 cm³/mol. The number of hydrogen-bond acceptors (Lipinski definition) is 3. The molecule has 2 aromatic carbocycles. The zero-order valence-electron chi connectivity index (χ0n) is 16.7. The SMILES string of the molecule is CCC(=C(c1ccc(O)cc1)c1ccc(CCCNC)nc1)c1ccccc1. The molecule has 0 spiro atoms. The molecule has 0 unspecified atom stereocenters. The molecule has 0 atom stereocenters. The van der Waals surface area contributed by atoms with E-state index in [-0.39, 0.29) is 5.75 Å². The molecule has 3 aromatic rings. The van der Waals surface area contributed by atoms with Crippen molar-refractivity contribution in [2.24, 2.45) is 0 Å². The van der Waals surface area contributed by atoms with Crippen molar-refractivity contribution >= 4 is 11.1 Å². The van der Waals surface area contributed by atoms with Gasteiger partial charge in [0.1, 0.15) is 5.75 Å². The molecule has 28 heavy (non-hydrogen) atoms. The van der Waals surface area contributed by atoms with Gasteiger partial charge in [-0.2, -0.15) is 0 Å². The van der Waals surface area contributed by atoms with E-state index in [1.165, 1.54) is 16.7 Å². The van der Waals surface area contributed by atoms with E-state index in [1.807, 2.05) is 31.4 Å². The lowest BCUT2D eigenvalue weighted by Crippen LogP contribution is -2.08. The molecule has 1 aromatic heterocycles. The van der Waals surface area contributed by atoms with E-state index in [1.54, 1.807) is 12.1 Å². The molecule has 144 valence electrons. The summed E-state index contributed by atoms with van der Waals surface area (Å²) in [6, 6.07) is 22.2. The summed E-state index contributed by atoms with van der Waals surface area (Å²) in [5.41, 5.74) is 6.96. The highest BCUT2D eigenvalue weighted by atomic mass is 16.3. The maximum absolute atomic E-state index is 9.73. The summed E-state index contributed by atoms with van der Waals surface area (Å²) in [6.07, 6.45) is 4.94. The van der Waals surface area contributed by atoms with Crippen LogP contribution in [0.2, 0.25) is 0 Å². The largest absolute Gasteiger partial charge is 0.508 e. The molecular weight excluding hydrogens is 344 g/mol. The number of benzene rings is 2. The topological polar surface area (TPSA) is 45.1 Å². The number of allylic oxidation sites excluding steroid dienone is 1. The second-order valence-corrected chi connectivity index (χ2v) is 6.87. The number of phenols is 1. The number of hydrogen-bond donors (Lipinski definition) is 2. The lowest BCUT2D eigenvalue weighted by atomic mass is 9.89. The highest BCUT2D eigenvalue weighted by Gasteiger charge is 2.13. The fraction of sp³-hybridized carbons (Fsp3) is 0.240. The molecule has 0 saturated heterocycles. The van der Waals surface area contributed by atoms with Gasteiger partial charge in [0.15, 0.2) is 0 Å². The van der Waals surface area contributed by atoms with Gasteiger partial charge in [0.05, 0.1) is 0 Å². The minimum Gasteiger partial charge on any atom is -0.508 e. The molecule has 0 radical (unpaired) electrons. The van der Waals surface area contributed by atoms with Gasteiger partial charge in [0.25, 0.3) is 0 Å². The molecule has 3 heteroatoms. The number of phenolic OH excluding ortho intramolecular Hbond substituents is 1. The van der Waals surface area contributed by atoms with Gasteiger partial charge in [0, 0.05) is 17.5 Å². The molecule has 0 aliphatic heterocycles. The molecule has 3 rings (SSSR count). The Balaban J connectivity index is 2.06. The zero-order valence-corrected chi connectivity index (χ0v) is 16.7. The van der Waals surface area contributed by atoms with Gasteiger partial charge >= 0.3 is 0 Å². The fourth-order valence-corrected chi connectivity index (χ4v) is 3.47. The third-order valence-corrected chi connectivity index (χ3v) is 4.91. The van der Waals surface area contributed by atoms with Crippen molar-refractivity contribution in [2.45, 2.75) is 26.2 Å². The Morgan fingerprint density at radius 2 is 1.61 bits per heavy atom. The summed E-state index contributed by atoms with van der Waals surface area (Å²) in [5.74, 6) is 0.277. The van der Waals surface area contributed by atoms with Crippen molar-refractivity contribution in [2.75, 3.05) is 13.6 Å². The summed E-state index contributed by atoms with van der Waals surface area (Å²) < 4.78 is 0. The van der Waals surface area contributed by atoms with E-state index < -0.39 is 0 Å². The second kappa shape index (κ2) is 9.86. The maximum Gasteiger partial charge on any atom is 0.115 e. The Kier molecular flexibility index (Phi) is 6.99. The van der Waals surface area contributed by atoms with Crippen LogP contribution in [0.5, 0.6) is 5.75 Å². The van der Waals surface area contributed by atoms with Gasteiger partial charge in [-0.05, 0) is 73.3 Å². The third kappa shape index (κ3) is 4.87. The second-order valence-electron chi connectivity index (χ2n) is 6.87. The number of rotatable bonds is 8. The summed E-state index contributed by atoms with van der Waals surface area (Å²) in [4.78, 5) is 4.71. The van der Waals surface area contributed by atoms with Crippen LogP contribution < -0.4 is 5.32 Å². The van der Waals surface area contributed by atoms with Crippen molar-refractivity contribution in [3.8, 4) is 5.75 Å². The molecule has 2 N–H and O–H groups in total. The Bertz CT molecular complexity index is 898. The van der Waals surface area contributed by atoms with E-state index in [9.17, 15) is 5.11 Å². The minimum absolute atomic E-state index is 0.277. The van der Waals surface area contributed by atoms with Crippen molar-refractivity contribution in [1.82, 2.24) is 10.3 Å². The molecule has 0 amide bonds. The Hall–Kier alpha value is -2.91. The third-order valence-electron chi connectivity index (χ3n) is 4.91. The van der Waals surface area contributed by atoms with Gasteiger partial charge in [-0.3, -0.25) is 4.98 Å². The number of pyridine rings is 1. The van der Waals surface area contributed by atoms with E-state index >= 15 is 0 Å². The van der Waals surface area contributed by atoms with Gasteiger partial charge in [0.2, 0.25) is 0 Å². The summed E-state index contributed by atoms with van der Waals surface area (Å²) in [5, 5.41) is 12.9. The zero-order chi connectivity index (χ0) is 19.8. The molecule has 1 heterocycles. The lowest BCUT2D eigenvalue weighted by Gasteiger charge is -2.16. The van der Waals surface area contributed by atoms with Crippen LogP contribution in [-0.4, -0.2) is 23.7 Å². The van der Waals surface area contributed by atoms with Crippen molar-refractivity contribution < 1.29 is 5.11 Å². The molecule has 0 fully saturated rings. The molecule has 0 saturated carbocycles. The van der Waals surface area contributed by atoms with Crippen molar-refractivity contribution in [3.63, 3.8) is 0 Å². The highest BCUT2D eigenvalue weighted by Crippen LogP contribution is 2.34. The van der Waals surface area contributed by atoms with E-state index in [4.69, 9.17) is 4.98 Å². The fourth-order valence-electron chi connectivity index (χ4n) is 3.47. The van der Waals surface area contributed by atoms with Crippen LogP contribution in [0, 0.1) is 0 Å². The van der Waals surface area contributed by atoms with Crippen LogP contribution in [0.3, 0.4) is 0 Å². The normalized spacial score (nSPS) is 11.9. The quantitative estimate of drug-likeness (QED) is 0.416. The van der Waals surface area contributed by atoms with Crippen molar-refractivity contribution in [1.29, 1.82) is 0 Å².